The highest BCUT2D eigenvalue weighted by atomic mass is 32.1. The van der Waals surface area contributed by atoms with Crippen LogP contribution in [0.1, 0.15) is 25.7 Å². The molecular formula is C17H14N2O3S2. The Bertz CT molecular complexity index is 885. The molecule has 0 radical (unpaired) electrons. The average molecular weight is 358 g/mol. The fourth-order valence-electron chi connectivity index (χ4n) is 2.18. The van der Waals surface area contributed by atoms with Crippen LogP contribution < -0.4 is 5.32 Å². The molecule has 0 atom stereocenters. The summed E-state index contributed by atoms with van der Waals surface area (Å²) in [4.78, 5) is 29.4. The molecule has 24 heavy (non-hydrogen) atoms. The summed E-state index contributed by atoms with van der Waals surface area (Å²) in [6.45, 7) is 1.80. The number of aromatic nitrogens is 1. The second kappa shape index (κ2) is 6.94. The van der Waals surface area contributed by atoms with Gasteiger partial charge in [-0.3, -0.25) is 4.79 Å². The van der Waals surface area contributed by atoms with E-state index in [4.69, 9.17) is 4.74 Å². The van der Waals surface area contributed by atoms with Crippen molar-refractivity contribution in [3.05, 3.63) is 57.2 Å². The summed E-state index contributed by atoms with van der Waals surface area (Å²) in [5, 5.41) is 7.54. The lowest BCUT2D eigenvalue weighted by atomic mass is 10.1. The lowest BCUT2D eigenvalue weighted by Crippen LogP contribution is -2.15. The molecule has 1 N–H and O–H groups in total. The maximum Gasteiger partial charge on any atom is 0.339 e. The second-order valence-electron chi connectivity index (χ2n) is 4.94. The van der Waals surface area contributed by atoms with Crippen LogP contribution in [-0.2, 0) is 4.74 Å². The number of amides is 1. The molecule has 0 aliphatic heterocycles. The van der Waals surface area contributed by atoms with Crippen LogP contribution >= 0.6 is 22.7 Å². The summed E-state index contributed by atoms with van der Waals surface area (Å²) in [6.07, 6.45) is 0. The van der Waals surface area contributed by atoms with Crippen molar-refractivity contribution in [1.82, 2.24) is 4.98 Å². The topological polar surface area (TPSA) is 68.3 Å². The van der Waals surface area contributed by atoms with Crippen LogP contribution in [0.2, 0.25) is 0 Å². The summed E-state index contributed by atoms with van der Waals surface area (Å²) < 4.78 is 4.74. The van der Waals surface area contributed by atoms with E-state index in [1.54, 1.807) is 42.5 Å². The first kappa shape index (κ1) is 16.4. The van der Waals surface area contributed by atoms with Crippen molar-refractivity contribution in [3.8, 4) is 10.6 Å². The van der Waals surface area contributed by atoms with Crippen molar-refractivity contribution in [2.75, 3.05) is 12.4 Å². The number of hydrogen-bond donors (Lipinski definition) is 1. The minimum atomic E-state index is -0.495. The molecule has 0 aliphatic rings. The maximum atomic E-state index is 12.6. The fraction of sp³-hybridized carbons (Fsp3) is 0.118. The standard InChI is InChI=1S/C17H14N2O3S2/c1-10-14(24-16(18-10)11-7-8-23-9-11)15(20)19-13-6-4-3-5-12(13)17(21)22-2/h3-9H,1-2H3,(H,19,20). The van der Waals surface area contributed by atoms with Gasteiger partial charge in [0.05, 0.1) is 24.1 Å². The van der Waals surface area contributed by atoms with Gasteiger partial charge in [-0.15, -0.1) is 11.3 Å². The van der Waals surface area contributed by atoms with Gasteiger partial charge in [0, 0.05) is 10.9 Å². The highest BCUT2D eigenvalue weighted by Gasteiger charge is 2.19. The van der Waals surface area contributed by atoms with E-state index >= 15 is 0 Å². The number of esters is 1. The van der Waals surface area contributed by atoms with Gasteiger partial charge in [0.1, 0.15) is 9.88 Å². The Morgan fingerprint density at radius 3 is 2.71 bits per heavy atom. The molecule has 0 spiro atoms. The Hall–Kier alpha value is -2.51. The Labute approximate surface area is 146 Å². The van der Waals surface area contributed by atoms with Crippen molar-refractivity contribution < 1.29 is 14.3 Å². The van der Waals surface area contributed by atoms with Crippen LogP contribution in [0.25, 0.3) is 10.6 Å². The number of nitrogens with zero attached hydrogens (tertiary/aromatic N) is 1. The van der Waals surface area contributed by atoms with Gasteiger partial charge in [0.15, 0.2) is 0 Å². The Morgan fingerprint density at radius 2 is 2.00 bits per heavy atom. The first-order chi connectivity index (χ1) is 11.6. The number of thiophene rings is 1. The Kier molecular flexibility index (Phi) is 4.73. The molecule has 5 nitrogen and oxygen atoms in total. The molecule has 0 saturated carbocycles. The van der Waals surface area contributed by atoms with Crippen molar-refractivity contribution in [1.29, 1.82) is 0 Å². The van der Waals surface area contributed by atoms with Gasteiger partial charge in [-0.05, 0) is 30.5 Å². The molecule has 0 fully saturated rings. The van der Waals surface area contributed by atoms with E-state index in [2.05, 4.69) is 10.3 Å². The molecular weight excluding hydrogens is 344 g/mol. The number of aryl methyl sites for hydroxylation is 1. The Balaban J connectivity index is 1.88. The molecule has 2 aromatic heterocycles. The third-order valence-corrected chi connectivity index (χ3v) is 5.24. The Morgan fingerprint density at radius 1 is 1.21 bits per heavy atom. The van der Waals surface area contributed by atoms with E-state index in [-0.39, 0.29) is 5.91 Å². The summed E-state index contributed by atoms with van der Waals surface area (Å²) in [7, 11) is 1.31. The van der Waals surface area contributed by atoms with Crippen molar-refractivity contribution >= 4 is 40.2 Å². The highest BCUT2D eigenvalue weighted by Crippen LogP contribution is 2.30. The number of para-hydroxylation sites is 1. The van der Waals surface area contributed by atoms with Crippen LogP contribution in [0.15, 0.2) is 41.1 Å². The zero-order valence-electron chi connectivity index (χ0n) is 13.0. The SMILES string of the molecule is COC(=O)c1ccccc1NC(=O)c1sc(-c2ccsc2)nc1C. The average Bonchev–Trinajstić information content (AvgIpc) is 3.24. The molecule has 3 aromatic rings. The highest BCUT2D eigenvalue weighted by molar-refractivity contribution is 7.17. The number of rotatable bonds is 4. The van der Waals surface area contributed by atoms with Crippen LogP contribution in [0.5, 0.6) is 0 Å². The molecule has 1 aromatic carbocycles. The molecule has 0 unspecified atom stereocenters. The van der Waals surface area contributed by atoms with Crippen molar-refractivity contribution in [2.45, 2.75) is 6.92 Å². The molecule has 2 heterocycles. The minimum absolute atomic E-state index is 0.289. The third-order valence-electron chi connectivity index (χ3n) is 3.35. The van der Waals surface area contributed by atoms with E-state index in [0.29, 0.717) is 21.8 Å². The number of methoxy groups -OCH3 is 1. The van der Waals surface area contributed by atoms with E-state index in [9.17, 15) is 9.59 Å². The van der Waals surface area contributed by atoms with Crippen LogP contribution in [0, 0.1) is 6.92 Å². The molecule has 3 rings (SSSR count). The minimum Gasteiger partial charge on any atom is -0.465 e. The predicted molar refractivity (Wildman–Crippen MR) is 95.9 cm³/mol. The largest absolute Gasteiger partial charge is 0.465 e. The van der Waals surface area contributed by atoms with Gasteiger partial charge in [-0.1, -0.05) is 12.1 Å². The first-order valence-corrected chi connectivity index (χ1v) is 8.84. The quantitative estimate of drug-likeness (QED) is 0.709. The van der Waals surface area contributed by atoms with Crippen LogP contribution in [-0.4, -0.2) is 24.0 Å². The number of benzene rings is 1. The lowest BCUT2D eigenvalue weighted by molar-refractivity contribution is 0.0602. The van der Waals surface area contributed by atoms with Gasteiger partial charge in [0.25, 0.3) is 5.91 Å². The van der Waals surface area contributed by atoms with Gasteiger partial charge in [0.2, 0.25) is 0 Å². The summed E-state index contributed by atoms with van der Waals surface area (Å²) >= 11 is 2.91. The van der Waals surface area contributed by atoms with Crippen LogP contribution in [0.4, 0.5) is 5.69 Å². The molecule has 0 aliphatic carbocycles. The number of nitrogens with one attached hydrogen (secondary N) is 1. The van der Waals surface area contributed by atoms with Gasteiger partial charge in [-0.2, -0.15) is 11.3 Å². The van der Waals surface area contributed by atoms with Crippen LogP contribution in [0.3, 0.4) is 0 Å². The number of ether oxygens (including phenoxy) is 1. The predicted octanol–water partition coefficient (Wildman–Crippen LogP) is 4.22. The van der Waals surface area contributed by atoms with Crippen molar-refractivity contribution in [2.24, 2.45) is 0 Å². The summed E-state index contributed by atoms with van der Waals surface area (Å²) in [5.41, 5.74) is 2.39. The molecule has 122 valence electrons. The van der Waals surface area contributed by atoms with Crippen molar-refractivity contribution in [3.63, 3.8) is 0 Å². The molecule has 0 saturated heterocycles. The van der Waals surface area contributed by atoms with E-state index in [1.807, 2.05) is 16.8 Å². The number of carbonyl (C=O) groups is 2. The normalized spacial score (nSPS) is 10.4. The van der Waals surface area contributed by atoms with Gasteiger partial charge in [-0.25, -0.2) is 9.78 Å². The maximum absolute atomic E-state index is 12.6. The zero-order chi connectivity index (χ0) is 17.1. The first-order valence-electron chi connectivity index (χ1n) is 7.09. The number of hydrogen-bond acceptors (Lipinski definition) is 6. The third kappa shape index (κ3) is 3.22. The summed E-state index contributed by atoms with van der Waals surface area (Å²) in [5.74, 6) is -0.784. The lowest BCUT2D eigenvalue weighted by Gasteiger charge is -2.08. The van der Waals surface area contributed by atoms with E-state index in [0.717, 1.165) is 10.6 Å². The smallest absolute Gasteiger partial charge is 0.339 e. The number of carbonyl (C=O) groups excluding carboxylic acids is 2. The van der Waals surface area contributed by atoms with Gasteiger partial charge < -0.3 is 10.1 Å². The monoisotopic (exact) mass is 358 g/mol. The van der Waals surface area contributed by atoms with E-state index in [1.165, 1.54) is 18.4 Å². The fourth-order valence-corrected chi connectivity index (χ4v) is 3.85. The van der Waals surface area contributed by atoms with Gasteiger partial charge >= 0.3 is 5.97 Å². The zero-order valence-corrected chi connectivity index (χ0v) is 14.7. The number of thiazole rings is 1. The number of anilines is 1. The molecule has 1 amide bonds. The molecule has 0 bridgehead atoms. The summed E-state index contributed by atoms with van der Waals surface area (Å²) in [6, 6.07) is 8.71. The molecule has 7 heteroatoms. The second-order valence-corrected chi connectivity index (χ2v) is 6.72. The van der Waals surface area contributed by atoms with E-state index < -0.39 is 5.97 Å².